The van der Waals surface area contributed by atoms with Gasteiger partial charge in [0.1, 0.15) is 5.82 Å². The molecule has 1 aromatic carbocycles. The van der Waals surface area contributed by atoms with Crippen LogP contribution in [-0.4, -0.2) is 16.5 Å². The third-order valence-electron chi connectivity index (χ3n) is 2.56. The van der Waals surface area contributed by atoms with Crippen LogP contribution in [-0.2, 0) is 10.8 Å². The van der Waals surface area contributed by atoms with Crippen molar-refractivity contribution in [3.8, 4) is 0 Å². The first-order valence-electron chi connectivity index (χ1n) is 5.14. The molecule has 4 heteroatoms. The molecule has 2 nitrogen and oxygen atoms in total. The molecule has 1 heterocycles. The van der Waals surface area contributed by atoms with Crippen molar-refractivity contribution in [2.75, 3.05) is 12.3 Å². The van der Waals surface area contributed by atoms with Crippen LogP contribution in [0.5, 0.6) is 0 Å². The van der Waals surface area contributed by atoms with Crippen LogP contribution < -0.4 is 5.32 Å². The molecule has 0 aromatic heterocycles. The van der Waals surface area contributed by atoms with Gasteiger partial charge in [-0.3, -0.25) is 4.21 Å². The summed E-state index contributed by atoms with van der Waals surface area (Å²) in [5.74, 6) is 0.155. The zero-order valence-corrected chi connectivity index (χ0v) is 9.44. The largest absolute Gasteiger partial charge is 0.309 e. The summed E-state index contributed by atoms with van der Waals surface area (Å²) >= 11 is 0. The molecule has 2 unspecified atom stereocenters. The standard InChI is InChI=1S/C11H14FNOS/c1-2-6-13-10-7-15(14)11-8(10)4-3-5-9(11)12/h3-5,10,13H,2,6-7H2,1H3. The molecule has 0 saturated carbocycles. The number of fused-ring (bicyclic) bond motifs is 1. The summed E-state index contributed by atoms with van der Waals surface area (Å²) in [7, 11) is -1.18. The van der Waals surface area contributed by atoms with Crippen LogP contribution in [0, 0.1) is 5.82 Å². The van der Waals surface area contributed by atoms with Gasteiger partial charge in [0.25, 0.3) is 0 Å². The smallest absolute Gasteiger partial charge is 0.139 e. The Balaban J connectivity index is 2.30. The SMILES string of the molecule is CCCNC1CS(=O)c2c(F)cccc21. The number of nitrogens with one attached hydrogen (secondary N) is 1. The number of benzene rings is 1. The summed E-state index contributed by atoms with van der Waals surface area (Å²) in [4.78, 5) is 0.395. The number of hydrogen-bond acceptors (Lipinski definition) is 2. The van der Waals surface area contributed by atoms with Gasteiger partial charge in [-0.2, -0.15) is 0 Å². The van der Waals surface area contributed by atoms with E-state index in [9.17, 15) is 8.60 Å². The lowest BCUT2D eigenvalue weighted by Gasteiger charge is -2.11. The van der Waals surface area contributed by atoms with E-state index in [1.54, 1.807) is 6.07 Å². The average molecular weight is 227 g/mol. The molecule has 82 valence electrons. The normalized spacial score (nSPS) is 24.1. The van der Waals surface area contributed by atoms with Crippen LogP contribution in [0.15, 0.2) is 23.1 Å². The highest BCUT2D eigenvalue weighted by molar-refractivity contribution is 7.85. The monoisotopic (exact) mass is 227 g/mol. The highest BCUT2D eigenvalue weighted by Gasteiger charge is 2.30. The topological polar surface area (TPSA) is 29.1 Å². The minimum atomic E-state index is -1.18. The second-order valence-electron chi connectivity index (χ2n) is 3.68. The van der Waals surface area contributed by atoms with Crippen molar-refractivity contribution in [3.63, 3.8) is 0 Å². The van der Waals surface area contributed by atoms with E-state index in [1.807, 2.05) is 6.07 Å². The molecule has 1 aliphatic rings. The Bertz CT molecular complexity index is 394. The highest BCUT2D eigenvalue weighted by atomic mass is 32.2. The molecular formula is C11H14FNOS. The van der Waals surface area contributed by atoms with Gasteiger partial charge in [-0.25, -0.2) is 4.39 Å². The Morgan fingerprint density at radius 2 is 2.40 bits per heavy atom. The Morgan fingerprint density at radius 1 is 1.60 bits per heavy atom. The third kappa shape index (κ3) is 1.96. The molecule has 0 bridgehead atoms. The molecule has 2 rings (SSSR count). The van der Waals surface area contributed by atoms with Gasteiger partial charge in [-0.1, -0.05) is 19.1 Å². The quantitative estimate of drug-likeness (QED) is 0.855. The van der Waals surface area contributed by atoms with Crippen molar-refractivity contribution in [2.45, 2.75) is 24.3 Å². The molecule has 15 heavy (non-hydrogen) atoms. The van der Waals surface area contributed by atoms with Gasteiger partial charge in [0.15, 0.2) is 0 Å². The van der Waals surface area contributed by atoms with Crippen molar-refractivity contribution in [1.29, 1.82) is 0 Å². The summed E-state index contributed by atoms with van der Waals surface area (Å²) in [6, 6.07) is 4.96. The van der Waals surface area contributed by atoms with E-state index >= 15 is 0 Å². The van der Waals surface area contributed by atoms with Crippen LogP contribution in [0.2, 0.25) is 0 Å². The Labute approximate surface area is 91.3 Å². The maximum atomic E-state index is 13.4. The third-order valence-corrected chi connectivity index (χ3v) is 4.08. The molecule has 1 aliphatic heterocycles. The van der Waals surface area contributed by atoms with E-state index in [4.69, 9.17) is 0 Å². The van der Waals surface area contributed by atoms with Crippen LogP contribution in [0.3, 0.4) is 0 Å². The minimum Gasteiger partial charge on any atom is -0.309 e. The van der Waals surface area contributed by atoms with E-state index in [2.05, 4.69) is 12.2 Å². The molecule has 0 saturated heterocycles. The Morgan fingerprint density at radius 3 is 3.13 bits per heavy atom. The summed E-state index contributed by atoms with van der Waals surface area (Å²) in [6.07, 6.45) is 1.02. The first-order chi connectivity index (χ1) is 7.24. The number of hydrogen-bond donors (Lipinski definition) is 1. The summed E-state index contributed by atoms with van der Waals surface area (Å²) in [6.45, 7) is 2.95. The van der Waals surface area contributed by atoms with Crippen molar-refractivity contribution in [1.82, 2.24) is 5.32 Å². The lowest BCUT2D eigenvalue weighted by molar-refractivity contribution is 0.561. The van der Waals surface area contributed by atoms with Crippen molar-refractivity contribution in [3.05, 3.63) is 29.6 Å². The lowest BCUT2D eigenvalue weighted by atomic mass is 10.1. The van der Waals surface area contributed by atoms with Gasteiger partial charge in [0.05, 0.1) is 15.7 Å². The van der Waals surface area contributed by atoms with Gasteiger partial charge in [-0.05, 0) is 24.6 Å². The maximum absolute atomic E-state index is 13.4. The first kappa shape index (κ1) is 10.8. The Hall–Kier alpha value is -0.740. The highest BCUT2D eigenvalue weighted by Crippen LogP contribution is 2.32. The van der Waals surface area contributed by atoms with Gasteiger partial charge in [0.2, 0.25) is 0 Å². The summed E-state index contributed by atoms with van der Waals surface area (Å²) in [5, 5.41) is 3.29. The zero-order chi connectivity index (χ0) is 10.8. The van der Waals surface area contributed by atoms with E-state index in [0.29, 0.717) is 10.6 Å². The average Bonchev–Trinajstić information content (AvgIpc) is 2.54. The van der Waals surface area contributed by atoms with E-state index < -0.39 is 10.8 Å². The van der Waals surface area contributed by atoms with E-state index in [0.717, 1.165) is 18.5 Å². The first-order valence-corrected chi connectivity index (χ1v) is 6.46. The second-order valence-corrected chi connectivity index (χ2v) is 5.11. The Kier molecular flexibility index (Phi) is 3.17. The van der Waals surface area contributed by atoms with Crippen molar-refractivity contribution < 1.29 is 8.60 Å². The summed E-state index contributed by atoms with van der Waals surface area (Å²) < 4.78 is 25.1. The van der Waals surface area contributed by atoms with Gasteiger partial charge in [-0.15, -0.1) is 0 Å². The number of rotatable bonds is 3. The fourth-order valence-electron chi connectivity index (χ4n) is 1.85. The maximum Gasteiger partial charge on any atom is 0.139 e. The molecule has 1 N–H and O–H groups in total. The van der Waals surface area contributed by atoms with Gasteiger partial charge >= 0.3 is 0 Å². The molecule has 0 fully saturated rings. The van der Waals surface area contributed by atoms with Gasteiger partial charge in [0, 0.05) is 11.8 Å². The second kappa shape index (κ2) is 4.41. The van der Waals surface area contributed by atoms with Crippen LogP contribution in [0.25, 0.3) is 0 Å². The molecule has 0 aliphatic carbocycles. The number of halogens is 1. The van der Waals surface area contributed by atoms with Crippen molar-refractivity contribution >= 4 is 10.8 Å². The molecule has 0 radical (unpaired) electrons. The molecule has 0 spiro atoms. The van der Waals surface area contributed by atoms with Gasteiger partial charge < -0.3 is 5.32 Å². The molecule has 2 atom stereocenters. The summed E-state index contributed by atoms with van der Waals surface area (Å²) in [5.41, 5.74) is 0.863. The minimum absolute atomic E-state index is 0.0523. The predicted octanol–water partition coefficient (Wildman–Crippen LogP) is 1.99. The van der Waals surface area contributed by atoms with Crippen LogP contribution in [0.4, 0.5) is 4.39 Å². The fraction of sp³-hybridized carbons (Fsp3) is 0.455. The molecular weight excluding hydrogens is 213 g/mol. The fourth-order valence-corrected chi connectivity index (χ4v) is 3.38. The van der Waals surface area contributed by atoms with Crippen LogP contribution in [0.1, 0.15) is 24.9 Å². The van der Waals surface area contributed by atoms with E-state index in [1.165, 1.54) is 6.07 Å². The molecule has 1 aromatic rings. The van der Waals surface area contributed by atoms with E-state index in [-0.39, 0.29) is 11.9 Å². The van der Waals surface area contributed by atoms with Crippen molar-refractivity contribution in [2.24, 2.45) is 0 Å². The zero-order valence-electron chi connectivity index (χ0n) is 8.63. The molecule has 0 amide bonds. The van der Waals surface area contributed by atoms with Crippen LogP contribution >= 0.6 is 0 Å². The predicted molar refractivity (Wildman–Crippen MR) is 58.7 cm³/mol. The lowest BCUT2D eigenvalue weighted by Crippen LogP contribution is -2.22.